The lowest BCUT2D eigenvalue weighted by atomic mass is 10.1. The first-order valence-corrected chi connectivity index (χ1v) is 8.27. The second-order valence-corrected chi connectivity index (χ2v) is 6.55. The zero-order valence-corrected chi connectivity index (χ0v) is 12.1. The van der Waals surface area contributed by atoms with Crippen LogP contribution in [0.1, 0.15) is 31.2 Å². The summed E-state index contributed by atoms with van der Waals surface area (Å²) < 4.78 is 32.1. The molecule has 1 fully saturated rings. The Morgan fingerprint density at radius 3 is 2.85 bits per heavy atom. The summed E-state index contributed by atoms with van der Waals surface area (Å²) in [6.45, 7) is 0.956. The molecule has 0 bridgehead atoms. The van der Waals surface area contributed by atoms with Crippen molar-refractivity contribution in [2.75, 3.05) is 13.2 Å². The molecule has 2 rings (SSSR count). The van der Waals surface area contributed by atoms with Gasteiger partial charge in [-0.15, -0.1) is 0 Å². The SMILES string of the molecule is O=S(=O)(NCCC1CCCCO1)c1ccc(CO)cn1. The molecule has 0 saturated carbocycles. The molecule has 20 heavy (non-hydrogen) atoms. The number of sulfonamides is 1. The predicted molar refractivity (Wildman–Crippen MR) is 73.6 cm³/mol. The van der Waals surface area contributed by atoms with Crippen LogP contribution in [0.4, 0.5) is 0 Å². The summed E-state index contributed by atoms with van der Waals surface area (Å²) in [6.07, 6.45) is 5.40. The maximum absolute atomic E-state index is 12.0. The number of rotatable bonds is 6. The van der Waals surface area contributed by atoms with E-state index < -0.39 is 10.0 Å². The van der Waals surface area contributed by atoms with Crippen molar-refractivity contribution in [1.82, 2.24) is 9.71 Å². The second kappa shape index (κ2) is 7.12. The first-order valence-electron chi connectivity index (χ1n) is 6.79. The fourth-order valence-electron chi connectivity index (χ4n) is 2.13. The van der Waals surface area contributed by atoms with Gasteiger partial charge in [-0.2, -0.15) is 0 Å². The van der Waals surface area contributed by atoms with E-state index in [0.717, 1.165) is 25.9 Å². The summed E-state index contributed by atoms with van der Waals surface area (Å²) in [5.41, 5.74) is 0.583. The Hall–Kier alpha value is -1.02. The van der Waals surface area contributed by atoms with E-state index in [1.54, 1.807) is 6.07 Å². The van der Waals surface area contributed by atoms with E-state index in [-0.39, 0.29) is 17.7 Å². The van der Waals surface area contributed by atoms with E-state index in [0.29, 0.717) is 18.5 Å². The molecule has 6 nitrogen and oxygen atoms in total. The van der Waals surface area contributed by atoms with Crippen LogP contribution in [-0.4, -0.2) is 37.8 Å². The molecule has 2 N–H and O–H groups in total. The van der Waals surface area contributed by atoms with Gasteiger partial charge in [-0.1, -0.05) is 6.07 Å². The number of hydrogen-bond acceptors (Lipinski definition) is 5. The van der Waals surface area contributed by atoms with Gasteiger partial charge < -0.3 is 9.84 Å². The smallest absolute Gasteiger partial charge is 0.258 e. The molecule has 1 aliphatic heterocycles. The van der Waals surface area contributed by atoms with Gasteiger partial charge in [-0.3, -0.25) is 0 Å². The third-order valence-corrected chi connectivity index (χ3v) is 4.66. The molecule has 0 aromatic carbocycles. The number of aromatic nitrogens is 1. The summed E-state index contributed by atoms with van der Waals surface area (Å²) >= 11 is 0. The molecule has 0 spiro atoms. The minimum Gasteiger partial charge on any atom is -0.392 e. The van der Waals surface area contributed by atoms with Crippen molar-refractivity contribution >= 4 is 10.0 Å². The van der Waals surface area contributed by atoms with Crippen molar-refractivity contribution in [2.45, 2.75) is 43.4 Å². The fraction of sp³-hybridized carbons (Fsp3) is 0.615. The van der Waals surface area contributed by atoms with Gasteiger partial charge in [0, 0.05) is 19.3 Å². The maximum atomic E-state index is 12.0. The Morgan fingerprint density at radius 2 is 2.25 bits per heavy atom. The Balaban J connectivity index is 1.86. The maximum Gasteiger partial charge on any atom is 0.258 e. The molecular formula is C13H20N2O4S. The topological polar surface area (TPSA) is 88.5 Å². The first kappa shape index (κ1) is 15.4. The van der Waals surface area contributed by atoms with Gasteiger partial charge in [0.2, 0.25) is 0 Å². The highest BCUT2D eigenvalue weighted by Crippen LogP contribution is 2.15. The quantitative estimate of drug-likeness (QED) is 0.811. The van der Waals surface area contributed by atoms with Crippen molar-refractivity contribution in [3.8, 4) is 0 Å². The van der Waals surface area contributed by atoms with E-state index in [1.807, 2.05) is 0 Å². The van der Waals surface area contributed by atoms with Crippen molar-refractivity contribution in [3.63, 3.8) is 0 Å². The number of nitrogens with zero attached hydrogens (tertiary/aromatic N) is 1. The molecule has 0 amide bonds. The first-order chi connectivity index (χ1) is 9.62. The average molecular weight is 300 g/mol. The minimum atomic E-state index is -3.58. The van der Waals surface area contributed by atoms with E-state index in [9.17, 15) is 8.42 Å². The third kappa shape index (κ3) is 4.24. The Morgan fingerprint density at radius 1 is 1.40 bits per heavy atom. The molecule has 1 aromatic heterocycles. The van der Waals surface area contributed by atoms with E-state index in [4.69, 9.17) is 9.84 Å². The minimum absolute atomic E-state index is 0.0285. The fourth-order valence-corrected chi connectivity index (χ4v) is 3.10. The highest BCUT2D eigenvalue weighted by Gasteiger charge is 2.18. The van der Waals surface area contributed by atoms with Crippen LogP contribution in [0.2, 0.25) is 0 Å². The normalized spacial score (nSPS) is 19.9. The van der Waals surface area contributed by atoms with Crippen LogP contribution in [0.5, 0.6) is 0 Å². The number of nitrogens with one attached hydrogen (secondary N) is 1. The predicted octanol–water partition coefficient (Wildman–Crippen LogP) is 0.811. The molecule has 1 atom stereocenters. The molecule has 2 heterocycles. The van der Waals surface area contributed by atoms with Gasteiger partial charge in [0.1, 0.15) is 0 Å². The van der Waals surface area contributed by atoms with Crippen LogP contribution in [0.25, 0.3) is 0 Å². The summed E-state index contributed by atoms with van der Waals surface area (Å²) in [6, 6.07) is 2.94. The summed E-state index contributed by atoms with van der Waals surface area (Å²) in [5, 5.41) is 8.87. The number of pyridine rings is 1. The Kier molecular flexibility index (Phi) is 5.47. The monoisotopic (exact) mass is 300 g/mol. The van der Waals surface area contributed by atoms with Crippen LogP contribution in [0.15, 0.2) is 23.4 Å². The van der Waals surface area contributed by atoms with Gasteiger partial charge in [0.05, 0.1) is 12.7 Å². The lowest BCUT2D eigenvalue weighted by Gasteiger charge is -2.22. The van der Waals surface area contributed by atoms with Crippen LogP contribution in [-0.2, 0) is 21.4 Å². The molecule has 1 aromatic rings. The zero-order valence-electron chi connectivity index (χ0n) is 11.3. The van der Waals surface area contributed by atoms with E-state index in [2.05, 4.69) is 9.71 Å². The molecule has 7 heteroatoms. The molecule has 0 radical (unpaired) electrons. The second-order valence-electron chi connectivity index (χ2n) is 4.84. The van der Waals surface area contributed by atoms with Gasteiger partial charge in [0.15, 0.2) is 5.03 Å². The number of hydrogen-bond donors (Lipinski definition) is 2. The van der Waals surface area contributed by atoms with Gasteiger partial charge in [-0.05, 0) is 37.3 Å². The van der Waals surface area contributed by atoms with Crippen molar-refractivity contribution in [1.29, 1.82) is 0 Å². The largest absolute Gasteiger partial charge is 0.392 e. The van der Waals surface area contributed by atoms with E-state index >= 15 is 0 Å². The Labute approximate surface area is 119 Å². The molecular weight excluding hydrogens is 280 g/mol. The highest BCUT2D eigenvalue weighted by molar-refractivity contribution is 7.89. The van der Waals surface area contributed by atoms with Crippen LogP contribution in [0.3, 0.4) is 0 Å². The number of ether oxygens (including phenoxy) is 1. The lowest BCUT2D eigenvalue weighted by molar-refractivity contribution is 0.0123. The standard InChI is InChI=1S/C13H20N2O4S/c16-10-11-4-5-13(14-9-11)20(17,18)15-7-6-12-3-1-2-8-19-12/h4-5,9,12,15-16H,1-3,6-8,10H2. The van der Waals surface area contributed by atoms with Crippen LogP contribution in [0, 0.1) is 0 Å². The number of aliphatic hydroxyl groups is 1. The van der Waals surface area contributed by atoms with Crippen molar-refractivity contribution < 1.29 is 18.3 Å². The van der Waals surface area contributed by atoms with Crippen LogP contribution < -0.4 is 4.72 Å². The summed E-state index contributed by atoms with van der Waals surface area (Å²) in [7, 11) is -3.58. The van der Waals surface area contributed by atoms with Crippen LogP contribution >= 0.6 is 0 Å². The van der Waals surface area contributed by atoms with Gasteiger partial charge in [-0.25, -0.2) is 18.1 Å². The molecule has 112 valence electrons. The average Bonchev–Trinajstić information content (AvgIpc) is 2.48. The Bertz CT molecular complexity index is 510. The molecule has 0 aliphatic carbocycles. The zero-order chi connectivity index (χ0) is 14.4. The van der Waals surface area contributed by atoms with Gasteiger partial charge >= 0.3 is 0 Å². The molecule has 1 unspecified atom stereocenters. The summed E-state index contributed by atoms with van der Waals surface area (Å²) in [4.78, 5) is 3.84. The molecule has 1 aliphatic rings. The third-order valence-electron chi connectivity index (χ3n) is 3.29. The lowest BCUT2D eigenvalue weighted by Crippen LogP contribution is -2.30. The van der Waals surface area contributed by atoms with Crippen molar-refractivity contribution in [2.24, 2.45) is 0 Å². The summed E-state index contributed by atoms with van der Waals surface area (Å²) in [5.74, 6) is 0. The van der Waals surface area contributed by atoms with E-state index in [1.165, 1.54) is 12.3 Å². The number of aliphatic hydroxyl groups excluding tert-OH is 1. The van der Waals surface area contributed by atoms with Gasteiger partial charge in [0.25, 0.3) is 10.0 Å². The molecule has 1 saturated heterocycles. The van der Waals surface area contributed by atoms with Crippen molar-refractivity contribution in [3.05, 3.63) is 23.9 Å². The highest BCUT2D eigenvalue weighted by atomic mass is 32.2.